The molecule has 0 aliphatic carbocycles. The molecule has 0 bridgehead atoms. The van der Waals surface area contributed by atoms with Gasteiger partial charge in [0.25, 0.3) is 5.91 Å². The van der Waals surface area contributed by atoms with E-state index in [0.717, 1.165) is 11.1 Å². The molecule has 0 saturated carbocycles. The zero-order chi connectivity index (χ0) is 22.7. The van der Waals surface area contributed by atoms with Crippen molar-refractivity contribution >= 4 is 34.9 Å². The van der Waals surface area contributed by atoms with Gasteiger partial charge in [0, 0.05) is 22.7 Å². The number of anilines is 1. The Balaban J connectivity index is 1.91. The van der Waals surface area contributed by atoms with E-state index >= 15 is 0 Å². The summed E-state index contributed by atoms with van der Waals surface area (Å²) in [4.78, 5) is 41.9. The van der Waals surface area contributed by atoms with Gasteiger partial charge in [0.05, 0.1) is 13.2 Å². The molecule has 0 fully saturated rings. The van der Waals surface area contributed by atoms with Crippen molar-refractivity contribution in [3.8, 4) is 0 Å². The first kappa shape index (κ1) is 21.8. The summed E-state index contributed by atoms with van der Waals surface area (Å²) in [6.07, 6.45) is 0.00374. The second kappa shape index (κ2) is 8.97. The van der Waals surface area contributed by atoms with Crippen molar-refractivity contribution in [2.45, 2.75) is 25.3 Å². The predicted octanol–water partition coefficient (Wildman–Crippen LogP) is 4.50. The van der Waals surface area contributed by atoms with E-state index in [9.17, 15) is 14.4 Å². The van der Waals surface area contributed by atoms with Crippen molar-refractivity contribution in [3.63, 3.8) is 0 Å². The highest BCUT2D eigenvalue weighted by molar-refractivity contribution is 6.50. The molecule has 0 N–H and O–H groups in total. The van der Waals surface area contributed by atoms with E-state index in [1.165, 1.54) is 4.90 Å². The number of hydrogen-bond acceptors (Lipinski definition) is 4. The van der Waals surface area contributed by atoms with Crippen LogP contribution in [-0.2, 0) is 37.5 Å². The van der Waals surface area contributed by atoms with Crippen molar-refractivity contribution in [2.75, 3.05) is 11.5 Å². The number of ketones is 1. The molecule has 3 aromatic carbocycles. The van der Waals surface area contributed by atoms with Crippen LogP contribution in [-0.4, -0.2) is 24.3 Å². The molecule has 32 heavy (non-hydrogen) atoms. The lowest BCUT2D eigenvalue weighted by atomic mass is 9.69. The van der Waals surface area contributed by atoms with Gasteiger partial charge in [0.15, 0.2) is 5.41 Å². The highest BCUT2D eigenvalue weighted by atomic mass is 35.5. The van der Waals surface area contributed by atoms with Crippen molar-refractivity contribution in [3.05, 3.63) is 101 Å². The zero-order valence-electron chi connectivity index (χ0n) is 17.6. The molecule has 0 spiro atoms. The third-order valence-electron chi connectivity index (χ3n) is 5.66. The molecule has 4 rings (SSSR count). The summed E-state index contributed by atoms with van der Waals surface area (Å²) in [5, 5.41) is 0.368. The van der Waals surface area contributed by atoms with Crippen LogP contribution in [0.2, 0.25) is 5.02 Å². The number of ether oxygens (including phenoxy) is 1. The summed E-state index contributed by atoms with van der Waals surface area (Å²) in [6.45, 7) is 1.95. The summed E-state index contributed by atoms with van der Waals surface area (Å²) in [7, 11) is 0. The Kier molecular flexibility index (Phi) is 6.10. The van der Waals surface area contributed by atoms with Gasteiger partial charge in [-0.2, -0.15) is 0 Å². The second-order valence-corrected chi connectivity index (χ2v) is 8.09. The number of carbonyl (C=O) groups excluding carboxylic acids is 3. The molecule has 3 aromatic rings. The average Bonchev–Trinajstić information content (AvgIpc) is 2.81. The molecule has 0 saturated heterocycles. The molecular weight excluding hydrogens is 426 g/mol. The lowest BCUT2D eigenvalue weighted by Gasteiger charge is -2.40. The van der Waals surface area contributed by atoms with Gasteiger partial charge in [-0.25, -0.2) is 0 Å². The summed E-state index contributed by atoms with van der Waals surface area (Å²) < 4.78 is 5.35. The molecule has 5 nitrogen and oxygen atoms in total. The standard InChI is InChI=1S/C26H22ClNO4/c1-2-32-25(31)26(16-18-9-5-3-6-10-18)21-15-20(27)13-14-22(21)28(24(30)23(26)29)17-19-11-7-4-8-12-19/h3-15H,2,16-17H2,1H3/t26-/m0/s1. The van der Waals surface area contributed by atoms with Crippen LogP contribution in [0.15, 0.2) is 78.9 Å². The number of halogens is 1. The van der Waals surface area contributed by atoms with E-state index in [0.29, 0.717) is 16.3 Å². The first-order valence-corrected chi connectivity index (χ1v) is 10.8. The lowest BCUT2D eigenvalue weighted by Crippen LogP contribution is -2.58. The van der Waals surface area contributed by atoms with Gasteiger partial charge in [-0.3, -0.25) is 14.4 Å². The molecule has 1 aliphatic rings. The fourth-order valence-corrected chi connectivity index (χ4v) is 4.32. The Hall–Kier alpha value is -3.44. The number of fused-ring (bicyclic) bond motifs is 1. The number of esters is 1. The molecular formula is C26H22ClNO4. The van der Waals surface area contributed by atoms with E-state index in [1.54, 1.807) is 25.1 Å². The summed E-state index contributed by atoms with van der Waals surface area (Å²) in [5.41, 5.74) is 0.659. The minimum atomic E-state index is -1.80. The van der Waals surface area contributed by atoms with Gasteiger partial charge in [-0.1, -0.05) is 72.3 Å². The van der Waals surface area contributed by atoms with Gasteiger partial charge in [-0.05, 0) is 36.2 Å². The zero-order valence-corrected chi connectivity index (χ0v) is 18.3. The normalized spacial score (nSPS) is 17.8. The molecule has 0 radical (unpaired) electrons. The lowest BCUT2D eigenvalue weighted by molar-refractivity contribution is -0.157. The van der Waals surface area contributed by atoms with Crippen molar-refractivity contribution < 1.29 is 19.1 Å². The van der Waals surface area contributed by atoms with Crippen molar-refractivity contribution in [1.29, 1.82) is 0 Å². The first-order valence-electron chi connectivity index (χ1n) is 10.4. The van der Waals surface area contributed by atoms with Gasteiger partial charge < -0.3 is 9.64 Å². The topological polar surface area (TPSA) is 63.7 Å². The number of nitrogens with zero attached hydrogens (tertiary/aromatic N) is 1. The van der Waals surface area contributed by atoms with Gasteiger partial charge >= 0.3 is 5.97 Å². The number of rotatable bonds is 6. The first-order chi connectivity index (χ1) is 15.5. The average molecular weight is 448 g/mol. The molecule has 0 unspecified atom stereocenters. The maximum Gasteiger partial charge on any atom is 0.325 e. The summed E-state index contributed by atoms with van der Waals surface area (Å²) in [6, 6.07) is 23.4. The van der Waals surface area contributed by atoms with Crippen LogP contribution in [0.25, 0.3) is 0 Å². The van der Waals surface area contributed by atoms with Crippen LogP contribution < -0.4 is 4.90 Å². The quantitative estimate of drug-likeness (QED) is 0.317. The number of amides is 1. The minimum Gasteiger partial charge on any atom is -0.465 e. The Labute approximate surface area is 191 Å². The van der Waals surface area contributed by atoms with Crippen LogP contribution in [0.3, 0.4) is 0 Å². The Morgan fingerprint density at radius 1 is 0.938 bits per heavy atom. The van der Waals surface area contributed by atoms with Crippen LogP contribution in [0.1, 0.15) is 23.6 Å². The SMILES string of the molecule is CCOC(=O)[C@]1(Cc2ccccc2)C(=O)C(=O)N(Cc2ccccc2)c2ccc(Cl)cc21. The van der Waals surface area contributed by atoms with Crippen molar-refractivity contribution in [2.24, 2.45) is 0 Å². The van der Waals surface area contributed by atoms with E-state index in [1.807, 2.05) is 60.7 Å². The fourth-order valence-electron chi connectivity index (χ4n) is 4.15. The molecule has 6 heteroatoms. The number of Topliss-reactive ketones (excluding diaryl/α,β-unsaturated/α-hetero) is 1. The van der Waals surface area contributed by atoms with Crippen molar-refractivity contribution in [1.82, 2.24) is 0 Å². The fraction of sp³-hybridized carbons (Fsp3) is 0.192. The number of hydrogen-bond donors (Lipinski definition) is 0. The summed E-state index contributed by atoms with van der Waals surface area (Å²) in [5.74, 6) is -2.30. The molecule has 1 heterocycles. The molecule has 1 amide bonds. The molecule has 1 aliphatic heterocycles. The van der Waals surface area contributed by atoms with Crippen LogP contribution in [0.4, 0.5) is 5.69 Å². The second-order valence-electron chi connectivity index (χ2n) is 7.66. The third kappa shape index (κ3) is 3.80. The number of benzene rings is 3. The smallest absolute Gasteiger partial charge is 0.325 e. The van der Waals surface area contributed by atoms with Gasteiger partial charge in [-0.15, -0.1) is 0 Å². The Morgan fingerprint density at radius 3 is 2.19 bits per heavy atom. The Morgan fingerprint density at radius 2 is 1.56 bits per heavy atom. The predicted molar refractivity (Wildman–Crippen MR) is 123 cm³/mol. The highest BCUT2D eigenvalue weighted by Crippen LogP contribution is 2.43. The highest BCUT2D eigenvalue weighted by Gasteiger charge is 2.57. The molecule has 162 valence electrons. The van der Waals surface area contributed by atoms with E-state index < -0.39 is 23.1 Å². The molecule has 0 aromatic heterocycles. The minimum absolute atomic E-state index is 0.00374. The maximum absolute atomic E-state index is 13.7. The van der Waals surface area contributed by atoms with Crippen LogP contribution >= 0.6 is 11.6 Å². The van der Waals surface area contributed by atoms with E-state index in [-0.39, 0.29) is 19.6 Å². The largest absolute Gasteiger partial charge is 0.465 e. The number of carbonyl (C=O) groups is 3. The van der Waals surface area contributed by atoms with Gasteiger partial charge in [0.2, 0.25) is 5.78 Å². The third-order valence-corrected chi connectivity index (χ3v) is 5.89. The van der Waals surface area contributed by atoms with Gasteiger partial charge in [0.1, 0.15) is 0 Å². The maximum atomic E-state index is 13.7. The Bertz CT molecular complexity index is 1160. The van der Waals surface area contributed by atoms with Crippen LogP contribution in [0.5, 0.6) is 0 Å². The van der Waals surface area contributed by atoms with Crippen LogP contribution in [0, 0.1) is 0 Å². The van der Waals surface area contributed by atoms with E-state index in [2.05, 4.69) is 0 Å². The summed E-state index contributed by atoms with van der Waals surface area (Å²) >= 11 is 6.31. The molecule has 1 atom stereocenters. The monoisotopic (exact) mass is 447 g/mol. The van der Waals surface area contributed by atoms with E-state index in [4.69, 9.17) is 16.3 Å².